The van der Waals surface area contributed by atoms with Crippen LogP contribution in [0, 0.1) is 0 Å². The molecular weight excluding hydrogens is 689 g/mol. The fraction of sp³-hybridized carbons (Fsp3) is 0.0182. The number of benzene rings is 9. The molecular formula is C55H38N2. The summed E-state index contributed by atoms with van der Waals surface area (Å²) in [5, 5.41) is 2.50. The van der Waals surface area contributed by atoms with Crippen molar-refractivity contribution in [2.24, 2.45) is 0 Å². The van der Waals surface area contributed by atoms with Gasteiger partial charge in [-0.2, -0.15) is 0 Å². The van der Waals surface area contributed by atoms with E-state index in [-0.39, 0.29) is 0 Å². The number of anilines is 3. The Bertz CT molecular complexity index is 3010. The summed E-state index contributed by atoms with van der Waals surface area (Å²) < 4.78 is 2.42. The van der Waals surface area contributed by atoms with E-state index in [0.717, 1.165) is 28.3 Å². The summed E-state index contributed by atoms with van der Waals surface area (Å²) in [6.07, 6.45) is 0. The topological polar surface area (TPSA) is 8.17 Å². The predicted octanol–water partition coefficient (Wildman–Crippen LogP) is 14.3. The lowest BCUT2D eigenvalue weighted by atomic mass is 9.68. The molecule has 0 fully saturated rings. The van der Waals surface area contributed by atoms with Crippen LogP contribution in [0.1, 0.15) is 22.3 Å². The number of hydrogen-bond donors (Lipinski definition) is 0. The monoisotopic (exact) mass is 726 g/mol. The Hall–Kier alpha value is -7.42. The van der Waals surface area contributed by atoms with Crippen molar-refractivity contribution in [1.82, 2.24) is 4.57 Å². The zero-order valence-electron chi connectivity index (χ0n) is 31.3. The quantitative estimate of drug-likeness (QED) is 0.159. The van der Waals surface area contributed by atoms with E-state index in [4.69, 9.17) is 0 Å². The van der Waals surface area contributed by atoms with Gasteiger partial charge in [0.15, 0.2) is 0 Å². The minimum atomic E-state index is -0.444. The molecule has 0 saturated heterocycles. The van der Waals surface area contributed by atoms with Gasteiger partial charge in [0.1, 0.15) is 0 Å². The van der Waals surface area contributed by atoms with E-state index in [2.05, 4.69) is 240 Å². The lowest BCUT2D eigenvalue weighted by Gasteiger charge is -2.34. The van der Waals surface area contributed by atoms with Crippen molar-refractivity contribution in [3.63, 3.8) is 0 Å². The third-order valence-electron chi connectivity index (χ3n) is 11.9. The minimum Gasteiger partial charge on any atom is -0.310 e. The molecule has 0 bridgehead atoms. The van der Waals surface area contributed by atoms with E-state index in [1.165, 1.54) is 60.8 Å². The molecule has 0 saturated carbocycles. The zero-order valence-corrected chi connectivity index (χ0v) is 31.3. The van der Waals surface area contributed by atoms with Crippen LogP contribution in [0.25, 0.3) is 49.7 Å². The Morgan fingerprint density at radius 2 is 0.860 bits per heavy atom. The highest BCUT2D eigenvalue weighted by molar-refractivity contribution is 6.14. The molecule has 2 nitrogen and oxygen atoms in total. The molecule has 0 amide bonds. The van der Waals surface area contributed by atoms with Crippen LogP contribution >= 0.6 is 0 Å². The van der Waals surface area contributed by atoms with Crippen molar-refractivity contribution in [2.45, 2.75) is 5.41 Å². The molecule has 0 spiro atoms. The second-order valence-electron chi connectivity index (χ2n) is 14.9. The molecule has 9 aromatic carbocycles. The van der Waals surface area contributed by atoms with Crippen LogP contribution in [-0.2, 0) is 5.41 Å². The van der Waals surface area contributed by atoms with Gasteiger partial charge in [-0.3, -0.25) is 0 Å². The predicted molar refractivity (Wildman–Crippen MR) is 238 cm³/mol. The SMILES string of the molecule is c1ccc(N(c2ccc(C3(c4ccccc4)c4ccccc4-c4ccccc43)cc2)c2cccc(-c3cccc4c5ccccc5n(-c5ccccc5)c34)c2)cc1. The number of fused-ring (bicyclic) bond motifs is 6. The van der Waals surface area contributed by atoms with Crippen molar-refractivity contribution in [1.29, 1.82) is 0 Å². The van der Waals surface area contributed by atoms with Crippen molar-refractivity contribution < 1.29 is 0 Å². The summed E-state index contributed by atoms with van der Waals surface area (Å²) in [7, 11) is 0. The van der Waals surface area contributed by atoms with Crippen LogP contribution < -0.4 is 4.90 Å². The highest BCUT2D eigenvalue weighted by Crippen LogP contribution is 2.56. The molecule has 1 aliphatic rings. The summed E-state index contributed by atoms with van der Waals surface area (Å²) >= 11 is 0. The summed E-state index contributed by atoms with van der Waals surface area (Å²) in [4.78, 5) is 2.38. The summed E-state index contributed by atoms with van der Waals surface area (Å²) in [5.41, 5.74) is 16.5. The first-order valence-corrected chi connectivity index (χ1v) is 19.7. The number of rotatable bonds is 7. The highest BCUT2D eigenvalue weighted by atomic mass is 15.1. The zero-order chi connectivity index (χ0) is 37.8. The maximum absolute atomic E-state index is 2.42. The molecule has 0 radical (unpaired) electrons. The summed E-state index contributed by atoms with van der Waals surface area (Å²) in [6.45, 7) is 0. The van der Waals surface area contributed by atoms with Crippen molar-refractivity contribution in [3.8, 4) is 27.9 Å². The van der Waals surface area contributed by atoms with E-state index >= 15 is 0 Å². The normalized spacial score (nSPS) is 12.7. The average molecular weight is 727 g/mol. The van der Waals surface area contributed by atoms with Crippen LogP contribution in [-0.4, -0.2) is 4.57 Å². The number of para-hydroxylation sites is 4. The smallest absolute Gasteiger partial charge is 0.0713 e. The molecule has 0 unspecified atom stereocenters. The number of nitrogens with zero attached hydrogens (tertiary/aromatic N) is 2. The molecule has 2 heteroatoms. The van der Waals surface area contributed by atoms with Crippen LogP contribution in [0.4, 0.5) is 17.1 Å². The molecule has 1 aromatic heterocycles. The summed E-state index contributed by atoms with van der Waals surface area (Å²) in [6, 6.07) is 84.1. The van der Waals surface area contributed by atoms with Crippen LogP contribution in [0.3, 0.4) is 0 Å². The van der Waals surface area contributed by atoms with Crippen molar-refractivity contribution in [3.05, 3.63) is 253 Å². The van der Waals surface area contributed by atoms with Gasteiger partial charge in [0.2, 0.25) is 0 Å². The van der Waals surface area contributed by atoms with Crippen molar-refractivity contribution in [2.75, 3.05) is 4.90 Å². The molecule has 10 aromatic rings. The molecule has 11 rings (SSSR count). The first-order chi connectivity index (χ1) is 28.3. The second kappa shape index (κ2) is 13.4. The van der Waals surface area contributed by atoms with E-state index < -0.39 is 5.41 Å². The molecule has 0 N–H and O–H groups in total. The van der Waals surface area contributed by atoms with Gasteiger partial charge in [0.25, 0.3) is 0 Å². The average Bonchev–Trinajstić information content (AvgIpc) is 3.79. The van der Waals surface area contributed by atoms with E-state index in [1.54, 1.807) is 0 Å². The van der Waals surface area contributed by atoms with Crippen LogP contribution in [0.2, 0.25) is 0 Å². The van der Waals surface area contributed by atoms with Gasteiger partial charge < -0.3 is 9.47 Å². The molecule has 57 heavy (non-hydrogen) atoms. The molecule has 0 aliphatic heterocycles. The van der Waals surface area contributed by atoms with Gasteiger partial charge in [-0.1, -0.05) is 176 Å². The Morgan fingerprint density at radius 3 is 1.58 bits per heavy atom. The minimum absolute atomic E-state index is 0.444. The Balaban J connectivity index is 1.08. The molecule has 1 aliphatic carbocycles. The van der Waals surface area contributed by atoms with Crippen LogP contribution in [0.15, 0.2) is 231 Å². The summed E-state index contributed by atoms with van der Waals surface area (Å²) in [5.74, 6) is 0. The third kappa shape index (κ3) is 5.11. The standard InChI is InChI=1S/C55H38N2/c1-4-19-40(20-5-1)55(51-31-13-10-26-47(51)48-27-11-14-32-52(48)55)41-34-36-44(37-35-41)56(42-21-6-2-7-22-42)45-25-16-18-39(38-45)46-29-17-30-50-49-28-12-15-33-53(49)57(54(46)50)43-23-8-3-9-24-43/h1-38H. The van der Waals surface area contributed by atoms with Gasteiger partial charge >= 0.3 is 0 Å². The van der Waals surface area contributed by atoms with Gasteiger partial charge in [-0.25, -0.2) is 0 Å². The maximum atomic E-state index is 2.42. The Kier molecular flexibility index (Phi) is 7.75. The van der Waals surface area contributed by atoms with Crippen LogP contribution in [0.5, 0.6) is 0 Å². The maximum Gasteiger partial charge on any atom is 0.0713 e. The van der Waals surface area contributed by atoms with Crippen molar-refractivity contribution >= 4 is 38.9 Å². The fourth-order valence-corrected chi connectivity index (χ4v) is 9.51. The lowest BCUT2D eigenvalue weighted by Crippen LogP contribution is -2.28. The Labute approximate surface area is 333 Å². The molecule has 0 atom stereocenters. The fourth-order valence-electron chi connectivity index (χ4n) is 9.51. The molecule has 1 heterocycles. The van der Waals surface area contributed by atoms with Gasteiger partial charge in [-0.05, 0) is 93.5 Å². The third-order valence-corrected chi connectivity index (χ3v) is 11.9. The second-order valence-corrected chi connectivity index (χ2v) is 14.9. The van der Waals surface area contributed by atoms with E-state index in [1.807, 2.05) is 0 Å². The van der Waals surface area contributed by atoms with Gasteiger partial charge in [0.05, 0.1) is 16.4 Å². The largest absolute Gasteiger partial charge is 0.310 e. The first-order valence-electron chi connectivity index (χ1n) is 19.7. The van der Waals surface area contributed by atoms with E-state index in [9.17, 15) is 0 Å². The van der Waals surface area contributed by atoms with Gasteiger partial charge in [-0.15, -0.1) is 0 Å². The van der Waals surface area contributed by atoms with E-state index in [0.29, 0.717) is 0 Å². The van der Waals surface area contributed by atoms with Gasteiger partial charge in [0, 0.05) is 39.1 Å². The Morgan fingerprint density at radius 1 is 0.351 bits per heavy atom. The number of hydrogen-bond acceptors (Lipinski definition) is 1. The first kappa shape index (κ1) is 33.0. The highest BCUT2D eigenvalue weighted by Gasteiger charge is 2.45. The molecule has 268 valence electrons. The number of aromatic nitrogens is 1. The lowest BCUT2D eigenvalue weighted by molar-refractivity contribution is 0.768.